The molecule has 2 heterocycles. The number of nitrogens with zero attached hydrogens (tertiary/aromatic N) is 2. The van der Waals surface area contributed by atoms with Gasteiger partial charge in [-0.25, -0.2) is 4.98 Å². The van der Waals surface area contributed by atoms with Gasteiger partial charge < -0.3 is 9.64 Å². The summed E-state index contributed by atoms with van der Waals surface area (Å²) in [5.41, 5.74) is 0.326. The van der Waals surface area contributed by atoms with E-state index in [0.717, 1.165) is 19.4 Å². The number of likely N-dealkylation sites (tertiary alicyclic amines) is 1. The van der Waals surface area contributed by atoms with E-state index in [4.69, 9.17) is 27.9 Å². The first-order chi connectivity index (χ1) is 8.63. The number of carbonyl (C=O) groups is 1. The average molecular weight is 289 g/mol. The molecule has 18 heavy (non-hydrogen) atoms. The molecule has 0 unspecified atom stereocenters. The molecule has 1 saturated heterocycles. The zero-order valence-electron chi connectivity index (χ0n) is 10.0. The Hall–Kier alpha value is -0.840. The lowest BCUT2D eigenvalue weighted by molar-refractivity contribution is 0.0625. The van der Waals surface area contributed by atoms with E-state index in [9.17, 15) is 4.79 Å². The van der Waals surface area contributed by atoms with Crippen LogP contribution in [-0.4, -0.2) is 42.1 Å². The lowest BCUT2D eigenvalue weighted by Gasteiger charge is -2.23. The van der Waals surface area contributed by atoms with Crippen LogP contribution >= 0.6 is 23.2 Å². The molecule has 0 saturated carbocycles. The van der Waals surface area contributed by atoms with Gasteiger partial charge in [-0.15, -0.1) is 0 Å². The molecule has 0 N–H and O–H groups in total. The molecule has 1 aliphatic rings. The Morgan fingerprint density at radius 2 is 2.33 bits per heavy atom. The van der Waals surface area contributed by atoms with Gasteiger partial charge in [-0.2, -0.15) is 0 Å². The normalized spacial score (nSPS) is 19.3. The number of hydrogen-bond donors (Lipinski definition) is 0. The highest BCUT2D eigenvalue weighted by atomic mass is 35.5. The van der Waals surface area contributed by atoms with E-state index in [-0.39, 0.29) is 11.9 Å². The van der Waals surface area contributed by atoms with Crippen LogP contribution < -0.4 is 0 Å². The van der Waals surface area contributed by atoms with Crippen molar-refractivity contribution in [3.63, 3.8) is 0 Å². The number of hydrogen-bond acceptors (Lipinski definition) is 3. The van der Waals surface area contributed by atoms with Gasteiger partial charge in [0.2, 0.25) is 0 Å². The second kappa shape index (κ2) is 5.87. The van der Waals surface area contributed by atoms with Crippen molar-refractivity contribution in [2.75, 3.05) is 20.3 Å². The molecule has 1 aliphatic heterocycles. The molecule has 2 rings (SSSR count). The molecule has 1 aromatic heterocycles. The Morgan fingerprint density at radius 1 is 1.56 bits per heavy atom. The summed E-state index contributed by atoms with van der Waals surface area (Å²) >= 11 is 11.7. The van der Waals surface area contributed by atoms with Crippen molar-refractivity contribution in [2.45, 2.75) is 18.9 Å². The van der Waals surface area contributed by atoms with Gasteiger partial charge >= 0.3 is 0 Å². The molecular formula is C12H14Cl2N2O2. The molecule has 98 valence electrons. The summed E-state index contributed by atoms with van der Waals surface area (Å²) in [5.74, 6) is -0.117. The lowest BCUT2D eigenvalue weighted by atomic mass is 10.2. The molecule has 1 aromatic rings. The summed E-state index contributed by atoms with van der Waals surface area (Å²) in [4.78, 5) is 18.1. The first-order valence-electron chi connectivity index (χ1n) is 5.74. The van der Waals surface area contributed by atoms with Gasteiger partial charge in [0.25, 0.3) is 5.91 Å². The predicted octanol–water partition coefficient (Wildman–Crippen LogP) is 2.64. The number of aromatic nitrogens is 1. The fraction of sp³-hybridized carbons (Fsp3) is 0.500. The lowest BCUT2D eigenvalue weighted by Crippen LogP contribution is -2.38. The van der Waals surface area contributed by atoms with E-state index in [2.05, 4.69) is 4.98 Å². The Kier molecular flexibility index (Phi) is 4.43. The highest BCUT2D eigenvalue weighted by molar-refractivity contribution is 6.42. The van der Waals surface area contributed by atoms with E-state index in [1.807, 2.05) is 0 Å². The Bertz CT molecular complexity index is 454. The zero-order valence-corrected chi connectivity index (χ0v) is 11.5. The molecule has 0 aliphatic carbocycles. The summed E-state index contributed by atoms with van der Waals surface area (Å²) in [5, 5.41) is 0.695. The SMILES string of the molecule is COC[C@@H]1CCCN1C(=O)c1cc(Cl)c(Cl)cn1. The van der Waals surface area contributed by atoms with Crippen LogP contribution in [0.25, 0.3) is 0 Å². The Morgan fingerprint density at radius 3 is 3.00 bits per heavy atom. The first kappa shape index (κ1) is 13.6. The first-order valence-corrected chi connectivity index (χ1v) is 6.50. The molecule has 6 heteroatoms. The molecule has 1 amide bonds. The minimum absolute atomic E-state index is 0.117. The second-order valence-electron chi connectivity index (χ2n) is 4.23. The number of amides is 1. The van der Waals surface area contributed by atoms with Crippen molar-refractivity contribution < 1.29 is 9.53 Å². The summed E-state index contributed by atoms with van der Waals surface area (Å²) in [6, 6.07) is 1.63. The molecule has 4 nitrogen and oxygen atoms in total. The van der Waals surface area contributed by atoms with Crippen LogP contribution in [0.15, 0.2) is 12.3 Å². The maximum Gasteiger partial charge on any atom is 0.272 e. The van der Waals surface area contributed by atoms with Gasteiger partial charge in [0.1, 0.15) is 5.69 Å². The van der Waals surface area contributed by atoms with Gasteiger partial charge in [-0.05, 0) is 18.9 Å². The van der Waals surface area contributed by atoms with E-state index in [1.54, 1.807) is 12.0 Å². The molecule has 0 bridgehead atoms. The molecule has 0 aromatic carbocycles. The summed E-state index contributed by atoms with van der Waals surface area (Å²) in [7, 11) is 1.64. The molecule has 0 radical (unpaired) electrons. The highest BCUT2D eigenvalue weighted by Gasteiger charge is 2.30. The average Bonchev–Trinajstić information content (AvgIpc) is 2.80. The topological polar surface area (TPSA) is 42.4 Å². The number of carbonyl (C=O) groups excluding carboxylic acids is 1. The van der Waals surface area contributed by atoms with Crippen LogP contribution in [0, 0.1) is 0 Å². The standard InChI is InChI=1S/C12H14Cl2N2O2/c1-18-7-8-3-2-4-16(8)12(17)11-5-9(13)10(14)6-15-11/h5-6,8H,2-4,7H2,1H3/t8-/m0/s1. The Labute approximate surface area is 116 Å². The van der Waals surface area contributed by atoms with Crippen molar-refractivity contribution >= 4 is 29.1 Å². The van der Waals surface area contributed by atoms with Crippen molar-refractivity contribution in [1.82, 2.24) is 9.88 Å². The van der Waals surface area contributed by atoms with Gasteiger partial charge in [0, 0.05) is 19.9 Å². The zero-order chi connectivity index (χ0) is 13.1. The molecule has 0 spiro atoms. The highest BCUT2D eigenvalue weighted by Crippen LogP contribution is 2.24. The van der Waals surface area contributed by atoms with Gasteiger partial charge in [0.05, 0.1) is 22.7 Å². The maximum absolute atomic E-state index is 12.3. The van der Waals surface area contributed by atoms with Crippen molar-refractivity contribution in [1.29, 1.82) is 0 Å². The van der Waals surface area contributed by atoms with Crippen molar-refractivity contribution in [2.24, 2.45) is 0 Å². The van der Waals surface area contributed by atoms with Crippen molar-refractivity contribution in [3.05, 3.63) is 28.0 Å². The fourth-order valence-corrected chi connectivity index (χ4v) is 2.40. The second-order valence-corrected chi connectivity index (χ2v) is 5.05. The van der Waals surface area contributed by atoms with E-state index >= 15 is 0 Å². The van der Waals surface area contributed by atoms with E-state index in [0.29, 0.717) is 22.3 Å². The number of rotatable bonds is 3. The van der Waals surface area contributed by atoms with Crippen LogP contribution in [0.4, 0.5) is 0 Å². The third kappa shape index (κ3) is 2.76. The number of halogens is 2. The minimum atomic E-state index is -0.117. The minimum Gasteiger partial charge on any atom is -0.383 e. The maximum atomic E-state index is 12.3. The summed E-state index contributed by atoms with van der Waals surface area (Å²) in [6.07, 6.45) is 3.35. The summed E-state index contributed by atoms with van der Waals surface area (Å²) < 4.78 is 5.12. The van der Waals surface area contributed by atoms with Crippen LogP contribution in [0.5, 0.6) is 0 Å². The van der Waals surface area contributed by atoms with E-state index < -0.39 is 0 Å². The fourth-order valence-electron chi connectivity index (χ4n) is 2.15. The third-order valence-corrected chi connectivity index (χ3v) is 3.74. The number of methoxy groups -OCH3 is 1. The van der Waals surface area contributed by atoms with Gasteiger partial charge in [-0.3, -0.25) is 4.79 Å². The largest absolute Gasteiger partial charge is 0.383 e. The van der Waals surface area contributed by atoms with Crippen LogP contribution in [0.2, 0.25) is 10.0 Å². The third-order valence-electron chi connectivity index (χ3n) is 3.02. The predicted molar refractivity (Wildman–Crippen MR) is 70.2 cm³/mol. The number of pyridine rings is 1. The molecular weight excluding hydrogens is 275 g/mol. The number of ether oxygens (including phenoxy) is 1. The van der Waals surface area contributed by atoms with E-state index in [1.165, 1.54) is 12.3 Å². The summed E-state index contributed by atoms with van der Waals surface area (Å²) in [6.45, 7) is 1.28. The Balaban J connectivity index is 2.17. The van der Waals surface area contributed by atoms with Crippen LogP contribution in [0.1, 0.15) is 23.3 Å². The van der Waals surface area contributed by atoms with Gasteiger partial charge in [0.15, 0.2) is 0 Å². The monoisotopic (exact) mass is 288 g/mol. The van der Waals surface area contributed by atoms with Crippen LogP contribution in [0.3, 0.4) is 0 Å². The molecule has 1 fully saturated rings. The van der Waals surface area contributed by atoms with Gasteiger partial charge in [-0.1, -0.05) is 23.2 Å². The van der Waals surface area contributed by atoms with Crippen molar-refractivity contribution in [3.8, 4) is 0 Å². The molecule has 1 atom stereocenters. The smallest absolute Gasteiger partial charge is 0.272 e. The quantitative estimate of drug-likeness (QED) is 0.859. The van der Waals surface area contributed by atoms with Crippen LogP contribution in [-0.2, 0) is 4.74 Å².